The summed E-state index contributed by atoms with van der Waals surface area (Å²) in [6.45, 7) is 4.70. The Labute approximate surface area is 312 Å². The van der Waals surface area contributed by atoms with Gasteiger partial charge in [-0.2, -0.15) is 0 Å². The van der Waals surface area contributed by atoms with Gasteiger partial charge in [-0.05, 0) is 66.8 Å². The zero-order chi connectivity index (χ0) is 38.4. The summed E-state index contributed by atoms with van der Waals surface area (Å²) in [7, 11) is 1.61. The van der Waals surface area contributed by atoms with Crippen LogP contribution in [0.4, 0.5) is 0 Å². The monoisotopic (exact) mass is 729 g/mol. The van der Waals surface area contributed by atoms with Crippen LogP contribution in [0.25, 0.3) is 0 Å². The molecule has 0 aromatic heterocycles. The topological polar surface area (TPSA) is 183 Å². The molecule has 12 heteroatoms. The normalized spacial score (nSPS) is 18.4. The molecule has 0 unspecified atom stereocenters. The lowest BCUT2D eigenvalue weighted by atomic mass is 9.81. The maximum atomic E-state index is 14.6. The molecule has 3 amide bonds. The number of aliphatic hydroxyl groups is 1. The molecule has 0 saturated carbocycles. The van der Waals surface area contributed by atoms with Gasteiger partial charge >= 0.3 is 5.97 Å². The van der Waals surface area contributed by atoms with E-state index in [-0.39, 0.29) is 44.2 Å². The van der Waals surface area contributed by atoms with E-state index in [4.69, 9.17) is 15.6 Å². The van der Waals surface area contributed by atoms with Crippen LogP contribution >= 0.6 is 0 Å². The number of benzene rings is 3. The number of methoxy groups -OCH3 is 1. The van der Waals surface area contributed by atoms with E-state index in [0.29, 0.717) is 32.2 Å². The molecule has 1 saturated heterocycles. The molecule has 53 heavy (non-hydrogen) atoms. The lowest BCUT2D eigenvalue weighted by Gasteiger charge is -2.37. The standard InChI is InChI=1S/C41H55N5O7/c1-4-28(2)41(45-38(50)33(42)19-21-37(48)49)22-23-46(40(41)52)35(20-18-29-12-7-5-8-13-29)39(51)44-34(25-30-14-9-6-10-15-30)36(47)27-43-26-31-16-11-17-32(24-31)53-3/h5-17,24,28,33-36,43,47H,4,18-23,25-27,42H2,1-3H3,(H,44,51)(H,45,50)(H,48,49)/t28-,33-,34-,35-,36+,41-/m0/s1. The van der Waals surface area contributed by atoms with E-state index in [2.05, 4.69) is 16.0 Å². The fraction of sp³-hybridized carbons (Fsp3) is 0.463. The zero-order valence-electron chi connectivity index (χ0n) is 31.0. The highest BCUT2D eigenvalue weighted by atomic mass is 16.5. The predicted octanol–water partition coefficient (Wildman–Crippen LogP) is 3.20. The van der Waals surface area contributed by atoms with Gasteiger partial charge in [0.05, 0.1) is 25.3 Å². The summed E-state index contributed by atoms with van der Waals surface area (Å²) in [5, 5.41) is 30.0. The smallest absolute Gasteiger partial charge is 0.303 e. The molecule has 3 aromatic rings. The number of likely N-dealkylation sites (tertiary alicyclic amines) is 1. The molecule has 7 N–H and O–H groups in total. The van der Waals surface area contributed by atoms with Gasteiger partial charge in [-0.15, -0.1) is 0 Å². The van der Waals surface area contributed by atoms with Crippen LogP contribution in [-0.2, 0) is 38.6 Å². The molecule has 0 spiro atoms. The van der Waals surface area contributed by atoms with Gasteiger partial charge in [-0.1, -0.05) is 93.1 Å². The highest BCUT2D eigenvalue weighted by Crippen LogP contribution is 2.35. The Hall–Kier alpha value is -4.78. The third-order valence-electron chi connectivity index (χ3n) is 10.3. The average Bonchev–Trinajstić information content (AvgIpc) is 3.49. The van der Waals surface area contributed by atoms with Crippen molar-refractivity contribution in [3.8, 4) is 5.75 Å². The van der Waals surface area contributed by atoms with Gasteiger partial charge in [-0.25, -0.2) is 0 Å². The van der Waals surface area contributed by atoms with Crippen LogP contribution in [0.2, 0.25) is 0 Å². The van der Waals surface area contributed by atoms with Crippen molar-refractivity contribution in [3.05, 3.63) is 102 Å². The Morgan fingerprint density at radius 1 is 0.943 bits per heavy atom. The van der Waals surface area contributed by atoms with Crippen molar-refractivity contribution in [2.24, 2.45) is 11.7 Å². The zero-order valence-corrected chi connectivity index (χ0v) is 31.0. The number of carbonyl (C=O) groups is 4. The van der Waals surface area contributed by atoms with Crippen molar-refractivity contribution in [1.82, 2.24) is 20.9 Å². The van der Waals surface area contributed by atoms with Crippen LogP contribution in [0, 0.1) is 5.92 Å². The predicted molar refractivity (Wildman–Crippen MR) is 203 cm³/mol. The van der Waals surface area contributed by atoms with E-state index in [1.165, 1.54) is 0 Å². The van der Waals surface area contributed by atoms with Gasteiger partial charge in [0, 0.05) is 26.1 Å². The number of hydrogen-bond donors (Lipinski definition) is 6. The number of nitrogens with two attached hydrogens (primary N) is 1. The number of aliphatic carboxylic acids is 1. The van der Waals surface area contributed by atoms with E-state index >= 15 is 0 Å². The molecule has 286 valence electrons. The molecule has 6 atom stereocenters. The summed E-state index contributed by atoms with van der Waals surface area (Å²) in [6, 6.07) is 24.2. The Kier molecular flexibility index (Phi) is 15.4. The van der Waals surface area contributed by atoms with Gasteiger partial charge in [0.25, 0.3) is 0 Å². The quantitative estimate of drug-likeness (QED) is 0.0959. The second kappa shape index (κ2) is 19.9. The maximum Gasteiger partial charge on any atom is 0.303 e. The molecule has 0 aliphatic carbocycles. The first-order valence-electron chi connectivity index (χ1n) is 18.5. The minimum Gasteiger partial charge on any atom is -0.497 e. The third kappa shape index (κ3) is 11.4. The Balaban J connectivity index is 1.58. The van der Waals surface area contributed by atoms with E-state index < -0.39 is 47.6 Å². The Bertz CT molecular complexity index is 1640. The molecule has 1 fully saturated rings. The van der Waals surface area contributed by atoms with E-state index in [1.807, 2.05) is 98.8 Å². The van der Waals surface area contributed by atoms with E-state index in [1.54, 1.807) is 12.0 Å². The molecule has 3 aromatic carbocycles. The third-order valence-corrected chi connectivity index (χ3v) is 10.3. The number of ether oxygens (including phenoxy) is 1. The molecule has 0 radical (unpaired) electrons. The average molecular weight is 730 g/mol. The fourth-order valence-electron chi connectivity index (χ4n) is 6.92. The molecule has 0 bridgehead atoms. The van der Waals surface area contributed by atoms with Crippen LogP contribution in [0.5, 0.6) is 5.75 Å². The molecule has 1 heterocycles. The Morgan fingerprint density at radius 3 is 2.25 bits per heavy atom. The van der Waals surface area contributed by atoms with E-state index in [9.17, 15) is 24.3 Å². The van der Waals surface area contributed by atoms with Crippen molar-refractivity contribution in [2.45, 2.75) is 95.1 Å². The van der Waals surface area contributed by atoms with Crippen LogP contribution in [0.1, 0.15) is 62.6 Å². The fourth-order valence-corrected chi connectivity index (χ4v) is 6.92. The second-order valence-electron chi connectivity index (χ2n) is 14.0. The van der Waals surface area contributed by atoms with Crippen molar-refractivity contribution >= 4 is 23.7 Å². The van der Waals surface area contributed by atoms with Gasteiger partial charge < -0.3 is 41.5 Å². The van der Waals surface area contributed by atoms with Gasteiger partial charge in [-0.3, -0.25) is 19.2 Å². The highest BCUT2D eigenvalue weighted by molar-refractivity contribution is 5.97. The largest absolute Gasteiger partial charge is 0.497 e. The first-order valence-corrected chi connectivity index (χ1v) is 18.5. The van der Waals surface area contributed by atoms with Crippen molar-refractivity contribution in [3.63, 3.8) is 0 Å². The highest BCUT2D eigenvalue weighted by Gasteiger charge is 2.53. The van der Waals surface area contributed by atoms with Crippen LogP contribution in [-0.4, -0.2) is 88.8 Å². The van der Waals surface area contributed by atoms with Crippen LogP contribution in [0.15, 0.2) is 84.9 Å². The van der Waals surface area contributed by atoms with Gasteiger partial charge in [0.1, 0.15) is 17.3 Å². The number of carboxylic acid groups (broad SMARTS) is 1. The number of nitrogens with one attached hydrogen (secondary N) is 3. The lowest BCUT2D eigenvalue weighted by molar-refractivity contribution is -0.145. The number of aryl methyl sites for hydroxylation is 1. The summed E-state index contributed by atoms with van der Waals surface area (Å²) in [5.41, 5.74) is 7.67. The number of carbonyl (C=O) groups excluding carboxylic acids is 3. The number of rotatable bonds is 21. The lowest BCUT2D eigenvalue weighted by Crippen LogP contribution is -2.63. The van der Waals surface area contributed by atoms with Gasteiger partial charge in [0.2, 0.25) is 17.7 Å². The summed E-state index contributed by atoms with van der Waals surface area (Å²) in [6.07, 6.45) is 0.688. The van der Waals surface area contributed by atoms with Crippen LogP contribution in [0.3, 0.4) is 0 Å². The van der Waals surface area contributed by atoms with Crippen LogP contribution < -0.4 is 26.4 Å². The number of carboxylic acids is 1. The molecule has 1 aliphatic heterocycles. The first-order chi connectivity index (χ1) is 25.5. The molecular formula is C41H55N5O7. The van der Waals surface area contributed by atoms with Crippen molar-refractivity contribution in [1.29, 1.82) is 0 Å². The molecule has 4 rings (SSSR count). The SMILES string of the molecule is CC[C@H](C)[C@@]1(NC(=O)[C@@H](N)CCC(=O)O)CCN([C@@H](CCc2ccccc2)C(=O)N[C@@H](Cc2ccccc2)[C@H](O)CNCc2cccc(OC)c2)C1=O. The van der Waals surface area contributed by atoms with Crippen molar-refractivity contribution < 1.29 is 34.1 Å². The molecule has 12 nitrogen and oxygen atoms in total. The minimum atomic E-state index is -1.31. The summed E-state index contributed by atoms with van der Waals surface area (Å²) in [4.78, 5) is 55.0. The van der Waals surface area contributed by atoms with Gasteiger partial charge in [0.15, 0.2) is 0 Å². The number of hydrogen-bond acceptors (Lipinski definition) is 8. The number of aliphatic hydroxyl groups excluding tert-OH is 1. The second-order valence-corrected chi connectivity index (χ2v) is 14.0. The number of nitrogens with zero attached hydrogens (tertiary/aromatic N) is 1. The first kappa shape index (κ1) is 41.0. The molecule has 1 aliphatic rings. The van der Waals surface area contributed by atoms with Crippen molar-refractivity contribution in [2.75, 3.05) is 20.2 Å². The summed E-state index contributed by atoms with van der Waals surface area (Å²) >= 11 is 0. The Morgan fingerprint density at radius 2 is 1.60 bits per heavy atom. The maximum absolute atomic E-state index is 14.6. The molecular weight excluding hydrogens is 674 g/mol. The summed E-state index contributed by atoms with van der Waals surface area (Å²) < 4.78 is 5.33. The minimum absolute atomic E-state index is 0.0721. The number of amides is 3. The summed E-state index contributed by atoms with van der Waals surface area (Å²) in [5.74, 6) is -2.00. The van der Waals surface area contributed by atoms with E-state index in [0.717, 1.165) is 22.4 Å².